The zero-order valence-electron chi connectivity index (χ0n) is 9.46. The highest BCUT2D eigenvalue weighted by atomic mass is 16.1. The van der Waals surface area contributed by atoms with Gasteiger partial charge in [-0.15, -0.1) is 0 Å². The molecule has 4 nitrogen and oxygen atoms in total. The predicted molar refractivity (Wildman–Crippen MR) is 61.8 cm³/mol. The average molecular weight is 211 g/mol. The van der Waals surface area contributed by atoms with Crippen LogP contribution in [0.5, 0.6) is 0 Å². The zero-order chi connectivity index (χ0) is 10.9. The lowest BCUT2D eigenvalue weighted by Gasteiger charge is -2.26. The van der Waals surface area contributed by atoms with Crippen LogP contribution in [0.4, 0.5) is 0 Å². The molecule has 0 saturated carbocycles. The Bertz CT molecular complexity index is 210. The summed E-state index contributed by atoms with van der Waals surface area (Å²) < 4.78 is 0. The first-order valence-corrected chi connectivity index (χ1v) is 5.66. The largest absolute Gasteiger partial charge is 0.353 e. The molecule has 1 rings (SSSR count). The number of hydrogen-bond acceptors (Lipinski definition) is 3. The second kappa shape index (κ2) is 7.43. The fourth-order valence-corrected chi connectivity index (χ4v) is 1.66. The summed E-state index contributed by atoms with van der Waals surface area (Å²) in [6.45, 7) is 8.13. The minimum Gasteiger partial charge on any atom is -0.353 e. The number of amides is 1. The van der Waals surface area contributed by atoms with E-state index in [-0.39, 0.29) is 5.91 Å². The van der Waals surface area contributed by atoms with Crippen molar-refractivity contribution < 1.29 is 4.79 Å². The van der Waals surface area contributed by atoms with Gasteiger partial charge in [0.15, 0.2) is 0 Å². The molecule has 0 unspecified atom stereocenters. The molecule has 0 aromatic heterocycles. The fourth-order valence-electron chi connectivity index (χ4n) is 1.66. The molecule has 86 valence electrons. The molecule has 0 bridgehead atoms. The van der Waals surface area contributed by atoms with Gasteiger partial charge < -0.3 is 15.5 Å². The van der Waals surface area contributed by atoms with Gasteiger partial charge in [0, 0.05) is 32.7 Å². The predicted octanol–water partition coefficient (Wildman–Crippen LogP) is -0.0260. The van der Waals surface area contributed by atoms with Crippen LogP contribution in [0.2, 0.25) is 0 Å². The zero-order valence-corrected chi connectivity index (χ0v) is 9.46. The van der Waals surface area contributed by atoms with Crippen molar-refractivity contribution in [2.45, 2.75) is 13.3 Å². The summed E-state index contributed by atoms with van der Waals surface area (Å²) in [5, 5.41) is 6.17. The van der Waals surface area contributed by atoms with E-state index in [9.17, 15) is 4.79 Å². The maximum Gasteiger partial charge on any atom is 0.243 e. The van der Waals surface area contributed by atoms with Crippen molar-refractivity contribution in [2.24, 2.45) is 0 Å². The van der Waals surface area contributed by atoms with Crippen molar-refractivity contribution in [3.8, 4) is 0 Å². The Labute approximate surface area is 91.7 Å². The highest BCUT2D eigenvalue weighted by molar-refractivity contribution is 5.87. The Kier molecular flexibility index (Phi) is 6.04. The fraction of sp³-hybridized carbons (Fsp3) is 0.727. The smallest absolute Gasteiger partial charge is 0.243 e. The first kappa shape index (κ1) is 12.2. The van der Waals surface area contributed by atoms with Gasteiger partial charge in [-0.05, 0) is 26.0 Å². The van der Waals surface area contributed by atoms with E-state index in [1.165, 1.54) is 0 Å². The third-order valence-corrected chi connectivity index (χ3v) is 2.48. The van der Waals surface area contributed by atoms with Gasteiger partial charge in [-0.1, -0.05) is 6.08 Å². The third kappa shape index (κ3) is 5.54. The lowest BCUT2D eigenvalue weighted by Crippen LogP contribution is -2.44. The Balaban J connectivity index is 1.98. The second-order valence-corrected chi connectivity index (χ2v) is 3.74. The van der Waals surface area contributed by atoms with Crippen molar-refractivity contribution >= 4 is 5.91 Å². The van der Waals surface area contributed by atoms with E-state index in [2.05, 4.69) is 15.5 Å². The number of nitrogens with one attached hydrogen (secondary N) is 2. The maximum atomic E-state index is 11.1. The van der Waals surface area contributed by atoms with Crippen LogP contribution in [0.15, 0.2) is 12.2 Å². The van der Waals surface area contributed by atoms with Gasteiger partial charge in [0.05, 0.1) is 0 Å². The summed E-state index contributed by atoms with van der Waals surface area (Å²) in [4.78, 5) is 13.5. The molecule has 0 spiro atoms. The quantitative estimate of drug-likeness (QED) is 0.496. The van der Waals surface area contributed by atoms with E-state index in [1.807, 2.05) is 6.92 Å². The summed E-state index contributed by atoms with van der Waals surface area (Å²) in [5.74, 6) is 0.0119. The van der Waals surface area contributed by atoms with E-state index in [4.69, 9.17) is 0 Å². The SMILES string of the molecule is C/C=C/C(=O)NCCCN1CCNCC1. The Hall–Kier alpha value is -0.870. The maximum absolute atomic E-state index is 11.1. The number of carbonyl (C=O) groups is 1. The van der Waals surface area contributed by atoms with E-state index >= 15 is 0 Å². The first-order chi connectivity index (χ1) is 7.33. The molecular formula is C11H21N3O. The highest BCUT2D eigenvalue weighted by Gasteiger charge is 2.08. The summed E-state index contributed by atoms with van der Waals surface area (Å²) >= 11 is 0. The van der Waals surface area contributed by atoms with Gasteiger partial charge in [-0.3, -0.25) is 4.79 Å². The lowest BCUT2D eigenvalue weighted by atomic mass is 10.3. The number of rotatable bonds is 5. The van der Waals surface area contributed by atoms with Gasteiger partial charge in [0.2, 0.25) is 5.91 Å². The van der Waals surface area contributed by atoms with E-state index in [0.29, 0.717) is 0 Å². The van der Waals surface area contributed by atoms with Crippen molar-refractivity contribution in [3.05, 3.63) is 12.2 Å². The monoisotopic (exact) mass is 211 g/mol. The van der Waals surface area contributed by atoms with E-state index in [0.717, 1.165) is 45.7 Å². The van der Waals surface area contributed by atoms with Crippen LogP contribution in [0.25, 0.3) is 0 Å². The van der Waals surface area contributed by atoms with Gasteiger partial charge in [0.25, 0.3) is 0 Å². The number of nitrogens with zero attached hydrogens (tertiary/aromatic N) is 1. The van der Waals surface area contributed by atoms with E-state index < -0.39 is 0 Å². The topological polar surface area (TPSA) is 44.4 Å². The molecule has 0 aliphatic carbocycles. The highest BCUT2D eigenvalue weighted by Crippen LogP contribution is 1.93. The van der Waals surface area contributed by atoms with E-state index in [1.54, 1.807) is 12.2 Å². The van der Waals surface area contributed by atoms with Crippen LogP contribution in [-0.4, -0.2) is 50.1 Å². The molecule has 15 heavy (non-hydrogen) atoms. The number of allylic oxidation sites excluding steroid dienone is 1. The molecule has 1 aliphatic heterocycles. The van der Waals surface area contributed by atoms with Crippen LogP contribution in [-0.2, 0) is 4.79 Å². The number of piperazine rings is 1. The minimum atomic E-state index is 0.0119. The molecule has 1 heterocycles. The Morgan fingerprint density at radius 3 is 2.87 bits per heavy atom. The second-order valence-electron chi connectivity index (χ2n) is 3.74. The van der Waals surface area contributed by atoms with Crippen LogP contribution < -0.4 is 10.6 Å². The Morgan fingerprint density at radius 2 is 2.20 bits per heavy atom. The minimum absolute atomic E-state index is 0.0119. The molecule has 0 aromatic carbocycles. The standard InChI is InChI=1S/C11H21N3O/c1-2-4-11(15)13-5-3-8-14-9-6-12-7-10-14/h2,4,12H,3,5-10H2,1H3,(H,13,15)/b4-2+. The summed E-state index contributed by atoms with van der Waals surface area (Å²) in [6.07, 6.45) is 4.35. The molecule has 1 amide bonds. The molecule has 4 heteroatoms. The van der Waals surface area contributed by atoms with Crippen LogP contribution in [0, 0.1) is 0 Å². The lowest BCUT2D eigenvalue weighted by molar-refractivity contribution is -0.116. The molecule has 2 N–H and O–H groups in total. The third-order valence-electron chi connectivity index (χ3n) is 2.48. The molecule has 0 aromatic rings. The summed E-state index contributed by atoms with van der Waals surface area (Å²) in [7, 11) is 0. The van der Waals surface area contributed by atoms with Gasteiger partial charge in [-0.2, -0.15) is 0 Å². The molecule has 1 saturated heterocycles. The normalized spacial score (nSPS) is 18.2. The van der Waals surface area contributed by atoms with Gasteiger partial charge in [0.1, 0.15) is 0 Å². The average Bonchev–Trinajstić information content (AvgIpc) is 2.26. The van der Waals surface area contributed by atoms with Crippen molar-refractivity contribution in [3.63, 3.8) is 0 Å². The molecular weight excluding hydrogens is 190 g/mol. The summed E-state index contributed by atoms with van der Waals surface area (Å²) in [6, 6.07) is 0. The van der Waals surface area contributed by atoms with Crippen LogP contribution >= 0.6 is 0 Å². The Morgan fingerprint density at radius 1 is 1.47 bits per heavy atom. The summed E-state index contributed by atoms with van der Waals surface area (Å²) in [5.41, 5.74) is 0. The first-order valence-electron chi connectivity index (χ1n) is 5.66. The van der Waals surface area contributed by atoms with Gasteiger partial charge >= 0.3 is 0 Å². The molecule has 0 radical (unpaired) electrons. The van der Waals surface area contributed by atoms with Crippen molar-refractivity contribution in [2.75, 3.05) is 39.3 Å². The van der Waals surface area contributed by atoms with Crippen LogP contribution in [0.1, 0.15) is 13.3 Å². The van der Waals surface area contributed by atoms with Crippen molar-refractivity contribution in [1.82, 2.24) is 15.5 Å². The van der Waals surface area contributed by atoms with Crippen LogP contribution in [0.3, 0.4) is 0 Å². The van der Waals surface area contributed by atoms with Gasteiger partial charge in [-0.25, -0.2) is 0 Å². The molecule has 1 aliphatic rings. The number of hydrogen-bond donors (Lipinski definition) is 2. The van der Waals surface area contributed by atoms with Crippen molar-refractivity contribution in [1.29, 1.82) is 0 Å². The number of carbonyl (C=O) groups excluding carboxylic acids is 1. The molecule has 1 fully saturated rings. The molecule has 0 atom stereocenters.